The Morgan fingerprint density at radius 1 is 1.22 bits per heavy atom. The van der Waals surface area contributed by atoms with E-state index in [0.29, 0.717) is 12.1 Å². The average molecular weight is 309 g/mol. The van der Waals surface area contributed by atoms with E-state index >= 15 is 0 Å². The first-order valence-electron chi connectivity index (χ1n) is 7.65. The van der Waals surface area contributed by atoms with Crippen LogP contribution in [0.25, 0.3) is 11.2 Å². The number of hydrogen-bond donors (Lipinski definition) is 1. The van der Waals surface area contributed by atoms with Crippen LogP contribution >= 0.6 is 0 Å². The molecule has 0 spiro atoms. The van der Waals surface area contributed by atoms with Gasteiger partial charge in [0.15, 0.2) is 5.65 Å². The van der Waals surface area contributed by atoms with Gasteiger partial charge in [-0.1, -0.05) is 19.1 Å². The molecule has 0 fully saturated rings. The summed E-state index contributed by atoms with van der Waals surface area (Å²) in [6.07, 6.45) is 0.799. The Balaban J connectivity index is 2.12. The number of hydrogen-bond acceptors (Lipinski definition) is 3. The Hall–Kier alpha value is -2.69. The summed E-state index contributed by atoms with van der Waals surface area (Å²) in [7, 11) is 0. The maximum Gasteiger partial charge on any atom is 0.335 e. The maximum absolute atomic E-state index is 11.1. The highest BCUT2D eigenvalue weighted by Gasteiger charge is 2.14. The molecule has 23 heavy (non-hydrogen) atoms. The van der Waals surface area contributed by atoms with Crippen molar-refractivity contribution >= 4 is 17.1 Å². The van der Waals surface area contributed by atoms with Crippen molar-refractivity contribution in [2.45, 2.75) is 33.7 Å². The van der Waals surface area contributed by atoms with Crippen LogP contribution in [0.2, 0.25) is 0 Å². The Morgan fingerprint density at radius 2 is 2.00 bits per heavy atom. The van der Waals surface area contributed by atoms with Gasteiger partial charge < -0.3 is 9.67 Å². The smallest absolute Gasteiger partial charge is 0.335 e. The van der Waals surface area contributed by atoms with E-state index in [-0.39, 0.29) is 0 Å². The molecule has 3 rings (SSSR count). The standard InChI is InChI=1S/C18H19N3O2/c1-4-15-20-16-11(2)8-12(3)19-17(16)21(15)10-13-6-5-7-14(9-13)18(22)23/h5-9H,4,10H2,1-3H3,(H,22,23). The summed E-state index contributed by atoms with van der Waals surface area (Å²) in [5, 5.41) is 9.15. The van der Waals surface area contributed by atoms with Crippen molar-refractivity contribution in [3.8, 4) is 0 Å². The van der Waals surface area contributed by atoms with Gasteiger partial charge in [-0.05, 0) is 43.2 Å². The summed E-state index contributed by atoms with van der Waals surface area (Å²) in [4.78, 5) is 20.5. The summed E-state index contributed by atoms with van der Waals surface area (Å²) >= 11 is 0. The third kappa shape index (κ3) is 2.82. The SMILES string of the molecule is CCc1nc2c(C)cc(C)nc2n1Cc1cccc(C(=O)O)c1. The first-order chi connectivity index (χ1) is 11.0. The highest BCUT2D eigenvalue weighted by Crippen LogP contribution is 2.21. The molecule has 1 aromatic carbocycles. The number of aryl methyl sites for hydroxylation is 3. The molecule has 0 saturated heterocycles. The lowest BCUT2D eigenvalue weighted by atomic mass is 10.1. The highest BCUT2D eigenvalue weighted by atomic mass is 16.4. The molecule has 1 N–H and O–H groups in total. The molecule has 0 bridgehead atoms. The molecule has 0 aliphatic carbocycles. The van der Waals surface area contributed by atoms with Crippen molar-refractivity contribution in [2.75, 3.05) is 0 Å². The summed E-state index contributed by atoms with van der Waals surface area (Å²) in [6.45, 7) is 6.64. The monoisotopic (exact) mass is 309 g/mol. The molecule has 0 aliphatic heterocycles. The summed E-state index contributed by atoms with van der Waals surface area (Å²) in [5.74, 6) is 0.0461. The first kappa shape index (κ1) is 15.2. The lowest BCUT2D eigenvalue weighted by molar-refractivity contribution is 0.0696. The number of carboxylic acid groups (broad SMARTS) is 1. The van der Waals surface area contributed by atoms with E-state index in [1.807, 2.05) is 26.0 Å². The molecule has 0 saturated carbocycles. The van der Waals surface area contributed by atoms with Crippen LogP contribution in [-0.2, 0) is 13.0 Å². The minimum absolute atomic E-state index is 0.297. The molecule has 0 radical (unpaired) electrons. The molecule has 0 amide bonds. The van der Waals surface area contributed by atoms with Crippen molar-refractivity contribution in [2.24, 2.45) is 0 Å². The molecule has 118 valence electrons. The minimum atomic E-state index is -0.914. The highest BCUT2D eigenvalue weighted by molar-refractivity contribution is 5.87. The molecule has 0 unspecified atom stereocenters. The van der Waals surface area contributed by atoms with Gasteiger partial charge in [0.2, 0.25) is 0 Å². The average Bonchev–Trinajstić information content (AvgIpc) is 2.86. The second-order valence-corrected chi connectivity index (χ2v) is 5.73. The third-order valence-electron chi connectivity index (χ3n) is 3.93. The fourth-order valence-electron chi connectivity index (χ4n) is 2.87. The lowest BCUT2D eigenvalue weighted by Crippen LogP contribution is -2.07. The van der Waals surface area contributed by atoms with Crippen LogP contribution in [0.4, 0.5) is 0 Å². The molecule has 5 heteroatoms. The number of aromatic carboxylic acids is 1. The van der Waals surface area contributed by atoms with E-state index in [1.165, 1.54) is 0 Å². The number of benzene rings is 1. The summed E-state index contributed by atoms with van der Waals surface area (Å²) < 4.78 is 2.08. The Morgan fingerprint density at radius 3 is 2.70 bits per heavy atom. The van der Waals surface area contributed by atoms with Crippen LogP contribution in [-0.4, -0.2) is 25.6 Å². The van der Waals surface area contributed by atoms with Gasteiger partial charge in [0, 0.05) is 12.1 Å². The van der Waals surface area contributed by atoms with Crippen molar-refractivity contribution in [3.05, 3.63) is 58.5 Å². The maximum atomic E-state index is 11.1. The van der Waals surface area contributed by atoms with Crippen molar-refractivity contribution in [3.63, 3.8) is 0 Å². The molecule has 0 atom stereocenters. The van der Waals surface area contributed by atoms with E-state index in [2.05, 4.69) is 16.5 Å². The number of imidazole rings is 1. The zero-order valence-corrected chi connectivity index (χ0v) is 13.5. The van der Waals surface area contributed by atoms with E-state index in [0.717, 1.165) is 40.2 Å². The zero-order valence-electron chi connectivity index (χ0n) is 13.5. The van der Waals surface area contributed by atoms with E-state index in [9.17, 15) is 4.79 Å². The number of nitrogens with zero attached hydrogens (tertiary/aromatic N) is 3. The van der Waals surface area contributed by atoms with Crippen LogP contribution in [0.5, 0.6) is 0 Å². The minimum Gasteiger partial charge on any atom is -0.478 e. The van der Waals surface area contributed by atoms with Crippen molar-refractivity contribution in [1.82, 2.24) is 14.5 Å². The summed E-state index contributed by atoms with van der Waals surface area (Å²) in [5.41, 5.74) is 5.07. The van der Waals surface area contributed by atoms with Crippen LogP contribution in [0, 0.1) is 13.8 Å². The number of rotatable bonds is 4. The fourth-order valence-corrected chi connectivity index (χ4v) is 2.87. The number of fused-ring (bicyclic) bond motifs is 1. The van der Waals surface area contributed by atoms with Gasteiger partial charge in [-0.2, -0.15) is 0 Å². The first-order valence-corrected chi connectivity index (χ1v) is 7.65. The number of carboxylic acids is 1. The summed E-state index contributed by atoms with van der Waals surface area (Å²) in [6, 6.07) is 9.04. The Bertz CT molecular complexity index is 897. The van der Waals surface area contributed by atoms with E-state index in [1.54, 1.807) is 18.2 Å². The van der Waals surface area contributed by atoms with Gasteiger partial charge in [-0.15, -0.1) is 0 Å². The van der Waals surface area contributed by atoms with Gasteiger partial charge >= 0.3 is 5.97 Å². The largest absolute Gasteiger partial charge is 0.478 e. The van der Waals surface area contributed by atoms with Gasteiger partial charge in [0.05, 0.1) is 12.1 Å². The third-order valence-corrected chi connectivity index (χ3v) is 3.93. The molecular weight excluding hydrogens is 290 g/mol. The normalized spacial score (nSPS) is 11.1. The number of pyridine rings is 1. The molecule has 0 aliphatic rings. The fraction of sp³-hybridized carbons (Fsp3) is 0.278. The van der Waals surface area contributed by atoms with Gasteiger partial charge in [0.25, 0.3) is 0 Å². The van der Waals surface area contributed by atoms with Gasteiger partial charge in [0.1, 0.15) is 11.3 Å². The van der Waals surface area contributed by atoms with Crippen LogP contribution < -0.4 is 0 Å². The number of aromatic nitrogens is 3. The lowest BCUT2D eigenvalue weighted by Gasteiger charge is -2.09. The molecule has 3 aromatic rings. The van der Waals surface area contributed by atoms with Crippen LogP contribution in [0.1, 0.15) is 39.9 Å². The van der Waals surface area contributed by atoms with Crippen LogP contribution in [0.15, 0.2) is 30.3 Å². The van der Waals surface area contributed by atoms with Crippen molar-refractivity contribution < 1.29 is 9.90 Å². The second-order valence-electron chi connectivity index (χ2n) is 5.73. The predicted octanol–water partition coefficient (Wildman–Crippen LogP) is 3.36. The van der Waals surface area contributed by atoms with Gasteiger partial charge in [-0.25, -0.2) is 14.8 Å². The molecule has 5 nitrogen and oxygen atoms in total. The van der Waals surface area contributed by atoms with E-state index < -0.39 is 5.97 Å². The zero-order chi connectivity index (χ0) is 16.6. The second kappa shape index (κ2) is 5.83. The molecule has 2 aromatic heterocycles. The topological polar surface area (TPSA) is 68.0 Å². The Labute approximate surface area is 134 Å². The number of carbonyl (C=O) groups is 1. The van der Waals surface area contributed by atoms with E-state index in [4.69, 9.17) is 10.1 Å². The Kier molecular flexibility index (Phi) is 3.86. The van der Waals surface area contributed by atoms with Crippen molar-refractivity contribution in [1.29, 1.82) is 0 Å². The van der Waals surface area contributed by atoms with Gasteiger partial charge in [-0.3, -0.25) is 0 Å². The quantitative estimate of drug-likeness (QED) is 0.802. The molecular formula is C18H19N3O2. The van der Waals surface area contributed by atoms with Crippen LogP contribution in [0.3, 0.4) is 0 Å². The predicted molar refractivity (Wildman–Crippen MR) is 88.9 cm³/mol. The molecule has 2 heterocycles.